The lowest BCUT2D eigenvalue weighted by Gasteiger charge is -2.35. The van der Waals surface area contributed by atoms with E-state index in [0.29, 0.717) is 31.6 Å². The van der Waals surface area contributed by atoms with Crippen molar-refractivity contribution in [1.82, 2.24) is 13.9 Å². The fourth-order valence-electron chi connectivity index (χ4n) is 20.9. The van der Waals surface area contributed by atoms with Gasteiger partial charge >= 0.3 is 25.0 Å². The molecule has 7 heterocycles. The van der Waals surface area contributed by atoms with E-state index in [2.05, 4.69) is 114 Å². The van der Waals surface area contributed by atoms with Crippen LogP contribution in [0.3, 0.4) is 0 Å². The highest BCUT2D eigenvalue weighted by atomic mass is 127. The molecule has 1 saturated heterocycles. The quantitative estimate of drug-likeness (QED) is 0.0125. The number of hydrogen-bond acceptors (Lipinski definition) is 25. The number of sulfonamides is 2. The molecule has 1 saturated carbocycles. The Morgan fingerprint density at radius 2 is 0.815 bits per heavy atom. The second kappa shape index (κ2) is 47.3. The van der Waals surface area contributed by atoms with Crippen LogP contribution in [0.15, 0.2) is 94.7 Å². The van der Waals surface area contributed by atoms with E-state index in [9.17, 15) is 59.9 Å². The van der Waals surface area contributed by atoms with Gasteiger partial charge in [-0.25, -0.2) is 39.6 Å². The first-order valence-electron chi connectivity index (χ1n) is 50.8. The first-order valence-corrected chi connectivity index (χ1v) is 57.1. The van der Waals surface area contributed by atoms with E-state index in [-0.39, 0.29) is 78.7 Å². The highest BCUT2D eigenvalue weighted by Crippen LogP contribution is 2.51. The molecule has 8 aliphatic rings. The van der Waals surface area contributed by atoms with Gasteiger partial charge in [-0.2, -0.15) is 8.61 Å². The first-order chi connectivity index (χ1) is 68.4. The highest BCUT2D eigenvalue weighted by molar-refractivity contribution is 14.1. The van der Waals surface area contributed by atoms with Gasteiger partial charge in [0.2, 0.25) is 29.1 Å². The van der Waals surface area contributed by atoms with Gasteiger partial charge in [-0.15, -0.1) is 0 Å². The Morgan fingerprint density at radius 3 is 1.19 bits per heavy atom. The Balaban J connectivity index is 0.000000172. The van der Waals surface area contributed by atoms with Crippen LogP contribution in [0.25, 0.3) is 22.3 Å². The number of halogens is 2. The molecule has 8 aromatic rings. The molecule has 35 heteroatoms. The van der Waals surface area contributed by atoms with Gasteiger partial charge in [0.1, 0.15) is 17.2 Å². The van der Waals surface area contributed by atoms with Gasteiger partial charge in [-0.05, 0) is 431 Å². The van der Waals surface area contributed by atoms with Crippen LogP contribution in [-0.2, 0) is 139 Å². The molecule has 0 spiro atoms. The summed E-state index contributed by atoms with van der Waals surface area (Å²) in [6.07, 6.45) is 9.59. The minimum atomic E-state index is -4.20. The van der Waals surface area contributed by atoms with Crippen LogP contribution in [0.5, 0.6) is 17.2 Å². The number of nitrogens with one attached hydrogen (secondary N) is 1. The summed E-state index contributed by atoms with van der Waals surface area (Å²) in [5.41, 5.74) is 23.4. The Hall–Kier alpha value is -9.02. The third kappa shape index (κ3) is 25.7. The molecule has 1 aliphatic carbocycles. The zero-order valence-corrected chi connectivity index (χ0v) is 94.8. The molecule has 8 aromatic carbocycles. The summed E-state index contributed by atoms with van der Waals surface area (Å²) in [7, 11) is -6.66. The molecule has 146 heavy (non-hydrogen) atoms. The SMILES string of the molecule is CCOC(=O)[C@@H](OC(C)(C)C)c1c(C)c2c(c(C)c1-c1ccc3c(c1C)CCCO3)CN(S(=O)(=O)c1ccccc1[N+](=O)[O-])CC2.CCOC(=O)[C@@H](OC(C)(C)C)c1c(C)c2c(c(C)c1-c1ccc3c(c1C)CCCO3)CNCC2.CCOC(=O)[C@@H](OC(C)(C)C)c1c(C)c2c(c(C)c1I)CN(S(=O)(=O)c1ccccc1[N+](=O)[O-])CC2.Cc1c(B2OC(C)(C)C(C)(C)O2)ccc2c1CCCO2.O=S(=O)(Cl)C1CCCCC1. The van der Waals surface area contributed by atoms with Crippen molar-refractivity contribution in [2.75, 3.05) is 59.3 Å². The molecule has 0 radical (unpaired) electrons. The summed E-state index contributed by atoms with van der Waals surface area (Å²) in [4.78, 5) is 61.2. The van der Waals surface area contributed by atoms with Crippen molar-refractivity contribution in [2.45, 2.75) is 344 Å². The number of hydrogen-bond donors (Lipinski definition) is 1. The number of esters is 3. The summed E-state index contributed by atoms with van der Waals surface area (Å²) >= 11 is 2.17. The largest absolute Gasteiger partial charge is 0.495 e. The number of para-hydroxylation sites is 2. The highest BCUT2D eigenvalue weighted by Gasteiger charge is 2.53. The number of nitro benzene ring substituents is 2. The summed E-state index contributed by atoms with van der Waals surface area (Å²) in [6, 6.07) is 23.2. The predicted octanol–water partition coefficient (Wildman–Crippen LogP) is 21.8. The van der Waals surface area contributed by atoms with E-state index in [1.165, 1.54) is 96.1 Å². The van der Waals surface area contributed by atoms with Crippen LogP contribution >= 0.6 is 33.3 Å². The topological polar surface area (TPSA) is 360 Å². The number of rotatable bonds is 22. The van der Waals surface area contributed by atoms with Gasteiger partial charge in [-0.3, -0.25) is 20.2 Å². The van der Waals surface area contributed by atoms with Gasteiger partial charge in [0, 0.05) is 75.8 Å². The van der Waals surface area contributed by atoms with Crippen molar-refractivity contribution in [3.63, 3.8) is 0 Å². The maximum atomic E-state index is 13.9. The monoisotopic (exact) mass is 2200 g/mol. The molecule has 0 aromatic heterocycles. The molecule has 0 amide bonds. The minimum absolute atomic E-state index is 0.0287. The Morgan fingerprint density at radius 1 is 0.459 bits per heavy atom. The van der Waals surface area contributed by atoms with Crippen LogP contribution in [0.4, 0.5) is 11.4 Å². The molecule has 2 fully saturated rings. The fraction of sp³-hybridized carbons (Fsp3) is 0.541. The van der Waals surface area contributed by atoms with Gasteiger partial charge in [0.05, 0.1) is 82.7 Å². The van der Waals surface area contributed by atoms with Crippen LogP contribution in [0, 0.1) is 86.1 Å². The lowest BCUT2D eigenvalue weighted by atomic mass is 9.74. The van der Waals surface area contributed by atoms with Crippen molar-refractivity contribution in [1.29, 1.82) is 0 Å². The molecule has 29 nitrogen and oxygen atoms in total. The van der Waals surface area contributed by atoms with Crippen molar-refractivity contribution in [3.05, 3.63) is 226 Å². The molecule has 7 aliphatic heterocycles. The second-order valence-corrected chi connectivity index (χ2v) is 50.2. The smallest absolute Gasteiger partial charge is 0.493 e. The molecule has 3 atom stereocenters. The molecule has 16 rings (SSSR count). The van der Waals surface area contributed by atoms with Gasteiger partial charge in [0.15, 0.2) is 28.1 Å². The lowest BCUT2D eigenvalue weighted by Crippen LogP contribution is -2.41. The summed E-state index contributed by atoms with van der Waals surface area (Å²) < 4.78 is 145. The molecule has 0 bridgehead atoms. The maximum absolute atomic E-state index is 13.9. The summed E-state index contributed by atoms with van der Waals surface area (Å²) in [6.45, 7) is 54.6. The van der Waals surface area contributed by atoms with Crippen molar-refractivity contribution >= 4 is 104 Å². The molecular formula is C111H146BClIN5O24S3. The zero-order chi connectivity index (χ0) is 107. The summed E-state index contributed by atoms with van der Waals surface area (Å²) in [5, 5.41) is 26.5. The normalized spacial score (nSPS) is 17.3. The Labute approximate surface area is 881 Å². The Kier molecular flexibility index (Phi) is 37.4. The van der Waals surface area contributed by atoms with E-state index >= 15 is 0 Å². The molecule has 794 valence electrons. The van der Waals surface area contributed by atoms with Gasteiger partial charge < -0.3 is 57.3 Å². The first kappa shape index (κ1) is 116. The van der Waals surface area contributed by atoms with E-state index in [1.54, 1.807) is 13.8 Å². The third-order valence-electron chi connectivity index (χ3n) is 28.9. The standard InChI is InChI=1S/C35H42N2O8S.C29H39NO4.C25H31IN2O7S.C16H23BO3.C6H11ClO2S/c1-8-43-34(38)33(45-35(5,6)7)32-22(3)24-17-18-36(46(41,42)30-14-10-9-13-28(30)37(39)40)20-27(24)23(4)31(32)26-15-16-29-25(21(26)2)12-11-19-44-29;1-8-32-28(31)27(34-29(5,6)7)26-18(3)20-13-14-30-16-23(20)19(4)25(26)22-11-12-24-21(17(22)2)10-9-15-33-24;1-7-34-24(29)23(35-25(4,5)6)21-15(2)17-12-13-27(14-18(17)16(3)22(21)26)36(32,33)20-11-9-8-10-19(20)28(30)31;1-11-12-7-6-10-18-14(12)9-8-13(11)17-19-15(2,3)16(4,5)20-17;7-10(8,9)6-4-2-1-3-5-6/h9-10,13-16,33H,8,11-12,17-20H2,1-7H3;11-12,27,30H,8-10,13-16H2,1-7H3;8-11,23H,7,12-14H2,1-6H3;8-9H,6-7,10H2,1-5H3;6H,1-5H2/t33-;27-;23-;;/m000../s1. The van der Waals surface area contributed by atoms with Crippen molar-refractivity contribution < 1.29 is 101 Å². The van der Waals surface area contributed by atoms with Gasteiger partial charge in [0.25, 0.3) is 11.4 Å². The Bertz CT molecular complexity index is 6610. The van der Waals surface area contributed by atoms with Crippen molar-refractivity contribution in [2.24, 2.45) is 0 Å². The summed E-state index contributed by atoms with van der Waals surface area (Å²) in [5.74, 6) is 1.57. The second-order valence-electron chi connectivity index (χ2n) is 42.4. The third-order valence-corrected chi connectivity index (χ3v) is 36.1. The van der Waals surface area contributed by atoms with Crippen LogP contribution in [0.2, 0.25) is 0 Å². The average molecular weight is 2200 g/mol. The number of nitro groups is 2. The lowest BCUT2D eigenvalue weighted by molar-refractivity contribution is -0.388. The van der Waals surface area contributed by atoms with Crippen LogP contribution in [-0.4, -0.2) is 161 Å². The van der Waals surface area contributed by atoms with E-state index in [4.69, 9.17) is 62.6 Å². The maximum Gasteiger partial charge on any atom is 0.495 e. The number of benzene rings is 8. The fourth-order valence-corrected chi connectivity index (χ4v) is 26.4. The number of carbonyl (C=O) groups excluding carboxylic acids is 3. The average Bonchev–Trinajstić information content (AvgIpc) is 0.985. The number of fused-ring (bicyclic) bond motifs is 6. The zero-order valence-electron chi connectivity index (χ0n) is 89.4. The number of ether oxygens (including phenoxy) is 9. The number of nitrogens with zero attached hydrogens (tertiary/aromatic N) is 4. The predicted molar refractivity (Wildman–Crippen MR) is 576 cm³/mol. The van der Waals surface area contributed by atoms with E-state index in [1.807, 2.05) is 109 Å². The minimum Gasteiger partial charge on any atom is -0.493 e. The van der Waals surface area contributed by atoms with E-state index in [0.717, 1.165) is 224 Å². The van der Waals surface area contributed by atoms with Crippen LogP contribution < -0.4 is 25.0 Å². The van der Waals surface area contributed by atoms with Crippen molar-refractivity contribution in [3.8, 4) is 39.5 Å². The van der Waals surface area contributed by atoms with Crippen LogP contribution in [0.1, 0.15) is 297 Å². The molecule has 1 N–H and O–H groups in total. The molecular weight excluding hydrogens is 2060 g/mol. The van der Waals surface area contributed by atoms with Gasteiger partial charge in [-0.1, -0.05) is 61.7 Å². The number of carbonyl (C=O) groups is 3. The molecule has 0 unspecified atom stereocenters. The van der Waals surface area contributed by atoms with E-state index < -0.39 is 97.4 Å².